The fourth-order valence-corrected chi connectivity index (χ4v) is 5.74. The molecular weight excluding hydrogens is 614 g/mol. The molecule has 1 fully saturated rings. The van der Waals surface area contributed by atoms with E-state index in [0.29, 0.717) is 54.4 Å². The summed E-state index contributed by atoms with van der Waals surface area (Å²) in [6.07, 6.45) is -0.351. The number of ether oxygens (including phenoxy) is 2. The summed E-state index contributed by atoms with van der Waals surface area (Å²) in [7, 11) is 0. The van der Waals surface area contributed by atoms with Crippen molar-refractivity contribution in [3.8, 4) is 11.5 Å². The fourth-order valence-electron chi connectivity index (χ4n) is 5.74. The number of hydrogen-bond acceptors (Lipinski definition) is 5. The zero-order chi connectivity index (χ0) is 33.8. The van der Waals surface area contributed by atoms with E-state index in [4.69, 9.17) is 9.47 Å². The molecule has 1 aliphatic heterocycles. The molecular formula is C36H37F4N3O4. The molecule has 1 saturated heterocycles. The second-order valence-electron chi connectivity index (χ2n) is 12.1. The first-order valence-corrected chi connectivity index (χ1v) is 15.6. The van der Waals surface area contributed by atoms with Gasteiger partial charge in [-0.05, 0) is 69.0 Å². The second-order valence-corrected chi connectivity index (χ2v) is 12.1. The molecule has 47 heavy (non-hydrogen) atoms. The predicted octanol–water partition coefficient (Wildman–Crippen LogP) is 8.18. The number of fused-ring (bicyclic) bond motifs is 1. The number of alkyl halides is 3. The minimum absolute atomic E-state index is 0.0700. The number of aromatic nitrogens is 1. The molecule has 5 rings (SSSR count). The minimum atomic E-state index is -4.56. The average molecular weight is 652 g/mol. The van der Waals surface area contributed by atoms with Crippen LogP contribution in [0.2, 0.25) is 0 Å². The maximum Gasteiger partial charge on any atom is 0.418 e. The molecule has 0 spiro atoms. The van der Waals surface area contributed by atoms with Gasteiger partial charge in [-0.25, -0.2) is 9.18 Å². The topological polar surface area (TPSA) is 80.8 Å². The van der Waals surface area contributed by atoms with Crippen LogP contribution < -0.4 is 14.8 Å². The third kappa shape index (κ3) is 7.50. The van der Waals surface area contributed by atoms with Crippen molar-refractivity contribution >= 4 is 22.8 Å². The molecule has 1 atom stereocenters. The van der Waals surface area contributed by atoms with E-state index in [2.05, 4.69) is 10.3 Å². The zero-order valence-electron chi connectivity index (χ0n) is 26.5. The van der Waals surface area contributed by atoms with E-state index >= 15 is 0 Å². The molecule has 4 aromatic rings. The molecule has 0 bridgehead atoms. The summed E-state index contributed by atoms with van der Waals surface area (Å²) < 4.78 is 67.4. The van der Waals surface area contributed by atoms with Crippen LogP contribution in [0.5, 0.6) is 11.5 Å². The highest BCUT2D eigenvalue weighted by Crippen LogP contribution is 2.38. The van der Waals surface area contributed by atoms with Crippen LogP contribution in [0.3, 0.4) is 0 Å². The number of carbonyl (C=O) groups is 2. The highest BCUT2D eigenvalue weighted by atomic mass is 19.4. The van der Waals surface area contributed by atoms with Crippen LogP contribution in [0.15, 0.2) is 72.9 Å². The molecule has 11 heteroatoms. The van der Waals surface area contributed by atoms with E-state index in [-0.39, 0.29) is 30.5 Å². The molecule has 248 valence electrons. The third-order valence-corrected chi connectivity index (χ3v) is 8.13. The highest BCUT2D eigenvalue weighted by Gasteiger charge is 2.49. The Morgan fingerprint density at radius 3 is 2.40 bits per heavy atom. The van der Waals surface area contributed by atoms with Crippen molar-refractivity contribution in [2.45, 2.75) is 70.7 Å². The second kappa shape index (κ2) is 14.0. The number of urea groups is 1. The minimum Gasteiger partial charge on any atom is -0.493 e. The molecule has 3 aromatic carbocycles. The molecule has 3 amide bonds. The van der Waals surface area contributed by atoms with Gasteiger partial charge in [0, 0.05) is 30.1 Å². The molecule has 0 radical (unpaired) electrons. The number of carbonyl (C=O) groups excluding carboxylic acids is 2. The van der Waals surface area contributed by atoms with Gasteiger partial charge < -0.3 is 14.8 Å². The van der Waals surface area contributed by atoms with Crippen LogP contribution >= 0.6 is 0 Å². The summed E-state index contributed by atoms with van der Waals surface area (Å²) in [5, 5.41) is 3.00. The van der Waals surface area contributed by atoms with Gasteiger partial charge in [-0.1, -0.05) is 55.3 Å². The lowest BCUT2D eigenvalue weighted by Gasteiger charge is -2.23. The van der Waals surface area contributed by atoms with Crippen LogP contribution in [0.4, 0.5) is 22.4 Å². The van der Waals surface area contributed by atoms with Gasteiger partial charge in [-0.15, -0.1) is 0 Å². The van der Waals surface area contributed by atoms with Gasteiger partial charge in [0.2, 0.25) is 0 Å². The van der Waals surface area contributed by atoms with E-state index < -0.39 is 35.0 Å². The van der Waals surface area contributed by atoms with E-state index in [0.717, 1.165) is 16.5 Å². The number of imide groups is 1. The molecule has 2 heterocycles. The number of amides is 3. The predicted molar refractivity (Wildman–Crippen MR) is 170 cm³/mol. The summed E-state index contributed by atoms with van der Waals surface area (Å²) in [4.78, 5) is 31.3. The maximum absolute atomic E-state index is 14.7. The Morgan fingerprint density at radius 1 is 0.957 bits per heavy atom. The van der Waals surface area contributed by atoms with Crippen LogP contribution in [0, 0.1) is 5.82 Å². The summed E-state index contributed by atoms with van der Waals surface area (Å²) in [5.74, 6) is -0.631. The summed E-state index contributed by atoms with van der Waals surface area (Å²) in [6.45, 7) is 5.56. The van der Waals surface area contributed by atoms with Crippen molar-refractivity contribution in [3.63, 3.8) is 0 Å². The van der Waals surface area contributed by atoms with Gasteiger partial charge in [0.1, 0.15) is 11.3 Å². The number of nitrogens with zero attached hydrogens (tertiary/aromatic N) is 2. The monoisotopic (exact) mass is 651 g/mol. The number of para-hydroxylation sites is 1. The molecule has 1 aromatic heterocycles. The first-order valence-electron chi connectivity index (χ1n) is 15.6. The van der Waals surface area contributed by atoms with E-state index in [1.165, 1.54) is 24.4 Å². The van der Waals surface area contributed by atoms with Gasteiger partial charge in [-0.2, -0.15) is 13.2 Å². The van der Waals surface area contributed by atoms with Crippen molar-refractivity contribution in [3.05, 3.63) is 101 Å². The van der Waals surface area contributed by atoms with Crippen molar-refractivity contribution in [1.29, 1.82) is 0 Å². The first-order chi connectivity index (χ1) is 22.4. The van der Waals surface area contributed by atoms with Gasteiger partial charge >= 0.3 is 12.2 Å². The third-order valence-electron chi connectivity index (χ3n) is 8.13. The van der Waals surface area contributed by atoms with E-state index in [1.807, 2.05) is 30.3 Å². The Labute approximate surface area is 270 Å². The Morgan fingerprint density at radius 2 is 1.70 bits per heavy atom. The van der Waals surface area contributed by atoms with Gasteiger partial charge in [-0.3, -0.25) is 14.7 Å². The Kier molecular flexibility index (Phi) is 10.0. The molecule has 7 nitrogen and oxygen atoms in total. The summed E-state index contributed by atoms with van der Waals surface area (Å²) >= 11 is 0. The number of hydrogen-bond donors (Lipinski definition) is 1. The highest BCUT2D eigenvalue weighted by molar-refractivity contribution is 6.07. The van der Waals surface area contributed by atoms with Crippen LogP contribution in [0.1, 0.15) is 68.7 Å². The SMILES string of the molecule is CC(C)Oc1ccc(C2(C)NC(=O)N(CCCCCCOc3c(Cc4ccccc4)cnc4c(C(F)(F)F)cccc34)C2=O)cc1F. The summed E-state index contributed by atoms with van der Waals surface area (Å²) in [5.41, 5.74) is -0.392. The summed E-state index contributed by atoms with van der Waals surface area (Å²) in [6, 6.07) is 17.2. The van der Waals surface area contributed by atoms with Gasteiger partial charge in [0.05, 0.1) is 23.8 Å². The van der Waals surface area contributed by atoms with Crippen molar-refractivity contribution < 1.29 is 36.6 Å². The molecule has 1 aliphatic rings. The molecule has 0 saturated carbocycles. The number of benzene rings is 3. The van der Waals surface area contributed by atoms with E-state index in [1.54, 1.807) is 32.9 Å². The quantitative estimate of drug-likeness (QED) is 0.0896. The largest absolute Gasteiger partial charge is 0.493 e. The smallest absolute Gasteiger partial charge is 0.418 e. The lowest BCUT2D eigenvalue weighted by molar-refractivity contribution is -0.136. The number of pyridine rings is 1. The van der Waals surface area contributed by atoms with E-state index in [9.17, 15) is 27.2 Å². The first kappa shape index (κ1) is 33.7. The molecule has 1 unspecified atom stereocenters. The normalized spacial score (nSPS) is 16.6. The number of halogens is 4. The van der Waals surface area contributed by atoms with Crippen LogP contribution in [-0.4, -0.2) is 41.1 Å². The lowest BCUT2D eigenvalue weighted by Crippen LogP contribution is -2.41. The lowest BCUT2D eigenvalue weighted by atomic mass is 9.91. The Balaban J connectivity index is 1.18. The fraction of sp³-hybridized carbons (Fsp3) is 0.361. The average Bonchev–Trinajstić information content (AvgIpc) is 3.25. The zero-order valence-corrected chi connectivity index (χ0v) is 26.5. The Hall–Kier alpha value is -4.67. The number of rotatable bonds is 13. The van der Waals surface area contributed by atoms with Gasteiger partial charge in [0.25, 0.3) is 5.91 Å². The van der Waals surface area contributed by atoms with Crippen molar-refractivity contribution in [2.75, 3.05) is 13.2 Å². The maximum atomic E-state index is 14.7. The Bertz CT molecular complexity index is 1750. The standard InChI is InChI=1S/C36H37F4N3O4/c1-23(2)47-30-17-16-26(21-29(30)37)35(3)33(44)43(34(45)42-35)18-9-4-5-10-19-46-32-25(20-24-12-7-6-8-13-24)22-41-31-27(32)14-11-15-28(31)36(38,39)40/h6-8,11-17,21-23H,4-5,9-10,18-20H2,1-3H3,(H,42,45). The van der Waals surface area contributed by atoms with Crippen molar-refractivity contribution in [1.82, 2.24) is 15.2 Å². The number of nitrogens with one attached hydrogen (secondary N) is 1. The molecule has 0 aliphatic carbocycles. The van der Waals surface area contributed by atoms with Crippen LogP contribution in [0.25, 0.3) is 10.9 Å². The molecule has 1 N–H and O–H groups in total. The van der Waals surface area contributed by atoms with Gasteiger partial charge in [0.15, 0.2) is 11.6 Å². The number of unbranched alkanes of at least 4 members (excludes halogenated alkanes) is 3. The van der Waals surface area contributed by atoms with Crippen LogP contribution in [-0.2, 0) is 22.9 Å². The van der Waals surface area contributed by atoms with Crippen molar-refractivity contribution in [2.24, 2.45) is 0 Å².